The van der Waals surface area contributed by atoms with Gasteiger partial charge < -0.3 is 20.0 Å². The molecule has 10 heteroatoms. The standard InChI is InChI=1S/C23H25N5O4S/c29-15-19-12-16-4-1-2-5-18(16)14-28(19)23-25-21(17-6-3-7-20(30)13-17)24-22(26-23)27-8-10-33(31,32)11-9-27/h1-7,13,19,29-30H,8-12,14-15H2/t19-/m1/s1. The molecule has 1 atom stereocenters. The number of aromatic nitrogens is 3. The molecule has 3 heterocycles. The van der Waals surface area contributed by atoms with Crippen LogP contribution in [-0.2, 0) is 22.8 Å². The van der Waals surface area contributed by atoms with E-state index >= 15 is 0 Å². The average molecular weight is 468 g/mol. The number of aromatic hydroxyl groups is 1. The van der Waals surface area contributed by atoms with Crippen molar-refractivity contribution in [3.63, 3.8) is 0 Å². The third kappa shape index (κ3) is 4.49. The van der Waals surface area contributed by atoms with Crippen LogP contribution in [0.25, 0.3) is 11.4 Å². The fraction of sp³-hybridized carbons (Fsp3) is 0.348. The molecule has 1 saturated heterocycles. The molecule has 33 heavy (non-hydrogen) atoms. The Morgan fingerprint density at radius 1 is 0.939 bits per heavy atom. The Labute approximate surface area is 192 Å². The topological polar surface area (TPSA) is 120 Å². The number of hydrogen-bond donors (Lipinski definition) is 2. The van der Waals surface area contributed by atoms with Crippen LogP contribution in [0.15, 0.2) is 48.5 Å². The number of phenols is 1. The predicted octanol–water partition coefficient (Wildman–Crippen LogP) is 1.40. The summed E-state index contributed by atoms with van der Waals surface area (Å²) in [7, 11) is -3.06. The first kappa shape index (κ1) is 21.6. The van der Waals surface area contributed by atoms with Crippen molar-refractivity contribution >= 4 is 21.7 Å². The summed E-state index contributed by atoms with van der Waals surface area (Å²) in [6, 6.07) is 14.6. The molecule has 2 aliphatic rings. The second-order valence-electron chi connectivity index (χ2n) is 8.39. The van der Waals surface area contributed by atoms with Crippen molar-refractivity contribution in [1.29, 1.82) is 0 Å². The van der Waals surface area contributed by atoms with Crippen LogP contribution >= 0.6 is 0 Å². The van der Waals surface area contributed by atoms with Gasteiger partial charge in [-0.15, -0.1) is 0 Å². The van der Waals surface area contributed by atoms with E-state index in [1.807, 2.05) is 21.9 Å². The highest BCUT2D eigenvalue weighted by molar-refractivity contribution is 7.91. The highest BCUT2D eigenvalue weighted by atomic mass is 32.2. The maximum absolute atomic E-state index is 11.9. The molecular weight excluding hydrogens is 442 g/mol. The number of aliphatic hydroxyl groups excluding tert-OH is 1. The minimum absolute atomic E-state index is 0.0474. The number of anilines is 2. The van der Waals surface area contributed by atoms with Crippen LogP contribution in [-0.4, -0.2) is 70.8 Å². The third-order valence-electron chi connectivity index (χ3n) is 6.17. The molecule has 2 aromatic carbocycles. The van der Waals surface area contributed by atoms with Gasteiger partial charge in [-0.2, -0.15) is 15.0 Å². The van der Waals surface area contributed by atoms with Crippen molar-refractivity contribution in [3.05, 3.63) is 59.7 Å². The minimum atomic E-state index is -3.06. The van der Waals surface area contributed by atoms with Crippen LogP contribution in [0.3, 0.4) is 0 Å². The lowest BCUT2D eigenvalue weighted by Crippen LogP contribution is -2.45. The third-order valence-corrected chi connectivity index (χ3v) is 7.78. The van der Waals surface area contributed by atoms with Crippen molar-refractivity contribution in [2.45, 2.75) is 19.0 Å². The van der Waals surface area contributed by atoms with Gasteiger partial charge in [0.15, 0.2) is 15.7 Å². The maximum Gasteiger partial charge on any atom is 0.231 e. The molecule has 0 aliphatic carbocycles. The van der Waals surface area contributed by atoms with E-state index in [-0.39, 0.29) is 29.9 Å². The summed E-state index contributed by atoms with van der Waals surface area (Å²) in [5, 5.41) is 20.1. The van der Waals surface area contributed by atoms with E-state index in [4.69, 9.17) is 9.97 Å². The smallest absolute Gasteiger partial charge is 0.231 e. The molecule has 3 aromatic rings. The SMILES string of the molecule is O=S1(=O)CCN(c2nc(-c3cccc(O)c3)nc(N3Cc4ccccc4C[C@@H]3CO)n2)CC1. The summed E-state index contributed by atoms with van der Waals surface area (Å²) < 4.78 is 23.8. The predicted molar refractivity (Wildman–Crippen MR) is 125 cm³/mol. The molecule has 2 N–H and O–H groups in total. The van der Waals surface area contributed by atoms with Crippen LogP contribution in [0, 0.1) is 0 Å². The summed E-state index contributed by atoms with van der Waals surface area (Å²) >= 11 is 0. The first-order chi connectivity index (χ1) is 15.9. The molecule has 172 valence electrons. The zero-order valence-electron chi connectivity index (χ0n) is 18.0. The molecule has 0 radical (unpaired) electrons. The number of sulfone groups is 1. The van der Waals surface area contributed by atoms with E-state index in [0.29, 0.717) is 49.3 Å². The van der Waals surface area contributed by atoms with Gasteiger partial charge in [0, 0.05) is 25.2 Å². The molecule has 0 bridgehead atoms. The van der Waals surface area contributed by atoms with Crippen LogP contribution in [0.5, 0.6) is 5.75 Å². The quantitative estimate of drug-likeness (QED) is 0.587. The second kappa shape index (κ2) is 8.60. The lowest BCUT2D eigenvalue weighted by atomic mass is 9.94. The highest BCUT2D eigenvalue weighted by Crippen LogP contribution is 2.30. The van der Waals surface area contributed by atoms with E-state index in [1.54, 1.807) is 24.3 Å². The van der Waals surface area contributed by atoms with Gasteiger partial charge in [0.05, 0.1) is 24.2 Å². The van der Waals surface area contributed by atoms with E-state index in [0.717, 1.165) is 5.56 Å². The van der Waals surface area contributed by atoms with E-state index in [2.05, 4.69) is 17.1 Å². The van der Waals surface area contributed by atoms with Crippen molar-refractivity contribution < 1.29 is 18.6 Å². The summed E-state index contributed by atoms with van der Waals surface area (Å²) in [5.74, 6) is 1.39. The molecular formula is C23H25N5O4S. The first-order valence-electron chi connectivity index (χ1n) is 10.9. The van der Waals surface area contributed by atoms with Gasteiger partial charge in [0.2, 0.25) is 11.9 Å². The van der Waals surface area contributed by atoms with Gasteiger partial charge in [-0.05, 0) is 29.7 Å². The molecule has 1 fully saturated rings. The Balaban J connectivity index is 1.58. The van der Waals surface area contributed by atoms with Crippen molar-refractivity contribution in [2.24, 2.45) is 0 Å². The monoisotopic (exact) mass is 467 g/mol. The molecule has 0 spiro atoms. The van der Waals surface area contributed by atoms with Crippen molar-refractivity contribution in [1.82, 2.24) is 15.0 Å². The summed E-state index contributed by atoms with van der Waals surface area (Å²) in [6.07, 6.45) is 0.664. The zero-order chi connectivity index (χ0) is 23.0. The largest absolute Gasteiger partial charge is 0.508 e. The zero-order valence-corrected chi connectivity index (χ0v) is 18.8. The van der Waals surface area contributed by atoms with Gasteiger partial charge in [-0.1, -0.05) is 36.4 Å². The number of nitrogens with zero attached hydrogens (tertiary/aromatic N) is 5. The Morgan fingerprint density at radius 3 is 2.39 bits per heavy atom. The number of benzene rings is 2. The van der Waals surface area contributed by atoms with Crippen molar-refractivity contribution in [2.75, 3.05) is 41.0 Å². The Bertz CT molecular complexity index is 1270. The van der Waals surface area contributed by atoms with Crippen LogP contribution < -0.4 is 9.80 Å². The minimum Gasteiger partial charge on any atom is -0.508 e. The Hall–Kier alpha value is -3.24. The first-order valence-corrected chi connectivity index (χ1v) is 12.7. The van der Waals surface area contributed by atoms with Gasteiger partial charge >= 0.3 is 0 Å². The molecule has 1 aromatic heterocycles. The van der Waals surface area contributed by atoms with Gasteiger partial charge in [0.25, 0.3) is 0 Å². The number of aliphatic hydroxyl groups is 1. The van der Waals surface area contributed by atoms with Gasteiger partial charge in [-0.25, -0.2) is 8.42 Å². The van der Waals surface area contributed by atoms with Crippen LogP contribution in [0.2, 0.25) is 0 Å². The normalized spacial score (nSPS) is 19.8. The Kier molecular flexibility index (Phi) is 5.63. The maximum atomic E-state index is 11.9. The number of rotatable bonds is 4. The van der Waals surface area contributed by atoms with Crippen molar-refractivity contribution in [3.8, 4) is 17.1 Å². The average Bonchev–Trinajstić information content (AvgIpc) is 2.83. The van der Waals surface area contributed by atoms with E-state index in [9.17, 15) is 18.6 Å². The lowest BCUT2D eigenvalue weighted by molar-refractivity contribution is 0.252. The lowest BCUT2D eigenvalue weighted by Gasteiger charge is -2.36. The number of fused-ring (bicyclic) bond motifs is 1. The molecule has 2 aliphatic heterocycles. The molecule has 0 amide bonds. The molecule has 9 nitrogen and oxygen atoms in total. The van der Waals surface area contributed by atoms with E-state index in [1.165, 1.54) is 5.56 Å². The molecule has 0 unspecified atom stereocenters. The number of phenolic OH excluding ortho intramolecular Hbond substituents is 1. The highest BCUT2D eigenvalue weighted by Gasteiger charge is 2.30. The molecule has 0 saturated carbocycles. The summed E-state index contributed by atoms with van der Waals surface area (Å²) in [5.41, 5.74) is 2.96. The molecule has 5 rings (SSSR count). The van der Waals surface area contributed by atoms with E-state index < -0.39 is 9.84 Å². The van der Waals surface area contributed by atoms with Crippen LogP contribution in [0.4, 0.5) is 11.9 Å². The number of hydrogen-bond acceptors (Lipinski definition) is 9. The fourth-order valence-electron chi connectivity index (χ4n) is 4.29. The second-order valence-corrected chi connectivity index (χ2v) is 10.7. The van der Waals surface area contributed by atoms with Gasteiger partial charge in [-0.3, -0.25) is 0 Å². The summed E-state index contributed by atoms with van der Waals surface area (Å²) in [6.45, 7) is 1.09. The summed E-state index contributed by atoms with van der Waals surface area (Å²) in [4.78, 5) is 17.8. The van der Waals surface area contributed by atoms with Gasteiger partial charge in [0.1, 0.15) is 5.75 Å². The van der Waals surface area contributed by atoms with Crippen LogP contribution in [0.1, 0.15) is 11.1 Å². The Morgan fingerprint density at radius 2 is 1.67 bits per heavy atom. The fourth-order valence-corrected chi connectivity index (χ4v) is 5.50.